The van der Waals surface area contributed by atoms with E-state index >= 15 is 0 Å². The van der Waals surface area contributed by atoms with E-state index in [4.69, 9.17) is 40.1 Å². The number of nitrogens with two attached hydrogens (primary N) is 7. The fraction of sp³-hybridized carbons (Fsp3) is 0.644. The average Bonchev–Trinajstić information content (AvgIpc) is 1.70. The lowest BCUT2D eigenvalue weighted by atomic mass is 9.99. The molecule has 0 radical (unpaired) electrons. The van der Waals surface area contributed by atoms with Gasteiger partial charge in [-0.25, -0.2) is 0 Å². The second kappa shape index (κ2) is 42.2. The molecule has 37 heteroatoms. The second-order valence-corrected chi connectivity index (χ2v) is 27.4. The fourth-order valence-electron chi connectivity index (χ4n) is 10.2. The third kappa shape index (κ3) is 29.3. The van der Waals surface area contributed by atoms with Gasteiger partial charge in [0.25, 0.3) is 0 Å². The molecule has 1 aromatic rings. The molecule has 12 amide bonds. The van der Waals surface area contributed by atoms with Crippen LogP contribution in [0.4, 0.5) is 0 Å². The predicted octanol–water partition coefficient (Wildman–Crippen LogP) is -4.74. The third-order valence-corrected chi connectivity index (χ3v) is 18.3. The van der Waals surface area contributed by atoms with E-state index in [0.717, 1.165) is 26.5 Å². The van der Waals surface area contributed by atoms with Crippen molar-refractivity contribution in [2.24, 2.45) is 66.9 Å². The summed E-state index contributed by atoms with van der Waals surface area (Å²) in [6.07, 6.45) is 2.38. The van der Waals surface area contributed by atoms with Gasteiger partial charge in [-0.1, -0.05) is 61.4 Å². The van der Waals surface area contributed by atoms with E-state index in [-0.39, 0.29) is 131 Å². The Balaban J connectivity index is 2.25. The number of phenols is 1. The number of amides is 12. The minimum atomic E-state index is -1.48. The van der Waals surface area contributed by atoms with Crippen LogP contribution in [0.25, 0.3) is 0 Å². The molecule has 0 spiro atoms. The number of benzene rings is 1. The summed E-state index contributed by atoms with van der Waals surface area (Å²) in [6.45, 7) is 7.49. The van der Waals surface area contributed by atoms with Gasteiger partial charge in [0, 0.05) is 58.1 Å². The lowest BCUT2D eigenvalue weighted by Crippen LogP contribution is -2.61. The molecular formula is C59H99N21O13S3. The number of hydrogen-bond acceptors (Lipinski definition) is 19. The zero-order chi connectivity index (χ0) is 71.8. The third-order valence-electron chi connectivity index (χ3n) is 15.2. The number of aliphatic imine (C=N–C) groups is 3. The van der Waals surface area contributed by atoms with Crippen molar-refractivity contribution < 1.29 is 62.6 Å². The number of fused-ring (bicyclic) bond motifs is 1. The topological polar surface area (TPSA) is 559 Å². The Morgan fingerprint density at radius 1 is 0.677 bits per heavy atom. The van der Waals surface area contributed by atoms with Gasteiger partial charge in [0.15, 0.2) is 17.9 Å². The molecule has 2 aliphatic heterocycles. The quantitative estimate of drug-likeness (QED) is 0.0200. The maximum atomic E-state index is 14.9. The standard InChI is InChI=1S/C59H99N21O13S3/c1-31(2)26-39-48(85)70-28-45(83)79(6)43(14-10-23-69-59(65)66)53(90)78-46(32(3)4)55(92)75-40(27-34-16-18-35(82)19-17-34)51(88)73-38(13-9-22-68-58(63)64)56(93)80-24-11-15-44(80)54(91)76-41(47(60)84)29-95-96-30-42(52(89)72-37(20-25-94-7)50(87)74-39)77-49(86)36(71-33(5)81)12-8-21-67-57(61)62/h16-19,31-32,36-44,46,82H,8-15,20-30H2,1-7H3,(H2,60,84)(H,70,85)(H,71,81)(H,72,89)(H,73,88)(H,74,87)(H,75,92)(H,76,91)(H,77,86)(H,78,90)(H4,61,62,67)(H4,63,64,68)(H4,65,66,69). The number of nitrogens with zero attached hydrogens (tertiary/aromatic N) is 5. The summed E-state index contributed by atoms with van der Waals surface area (Å²) in [6, 6.07) is -7.68. The van der Waals surface area contributed by atoms with Gasteiger partial charge in [0.1, 0.15) is 66.2 Å². The number of guanidine groups is 3. The molecule has 0 saturated carbocycles. The average molecular weight is 1410 g/mol. The SMILES string of the molecule is CSCCC1NC(=O)C(NC(=O)C(CCCN=C(N)N)NC(C)=O)CSSCC(C(N)=O)NC(=O)C2CCCN2C(=O)C(CCCN=C(N)N)NC(=O)C(Cc2ccc(O)cc2)NC(=O)C(C(C)C)NC(=O)C(CCCN=C(N)N)N(C)C(=O)CNC(=O)C(CC(C)C)NC1=O. The zero-order valence-corrected chi connectivity index (χ0v) is 58.0. The maximum Gasteiger partial charge on any atom is 0.245 e. The van der Waals surface area contributed by atoms with Crippen LogP contribution < -0.4 is 88.0 Å². The number of carbonyl (C=O) groups excluding carboxylic acids is 12. The molecule has 0 aliphatic carbocycles. The van der Waals surface area contributed by atoms with E-state index in [1.165, 1.54) is 54.9 Å². The number of aromatic hydroxyl groups is 1. The van der Waals surface area contributed by atoms with Crippen LogP contribution in [-0.4, -0.2) is 227 Å². The van der Waals surface area contributed by atoms with Gasteiger partial charge in [-0.2, -0.15) is 11.8 Å². The van der Waals surface area contributed by atoms with Crippen molar-refractivity contribution in [2.45, 2.75) is 166 Å². The van der Waals surface area contributed by atoms with Crippen molar-refractivity contribution in [2.75, 3.05) is 63.3 Å². The summed E-state index contributed by atoms with van der Waals surface area (Å²) in [7, 11) is 3.27. The van der Waals surface area contributed by atoms with E-state index in [9.17, 15) is 62.6 Å². The van der Waals surface area contributed by atoms with E-state index < -0.39 is 144 Å². The predicted molar refractivity (Wildman–Crippen MR) is 368 cm³/mol. The normalized spacial score (nSPS) is 23.2. The first-order valence-electron chi connectivity index (χ1n) is 31.5. The molecule has 10 atom stereocenters. The van der Waals surface area contributed by atoms with Crippen LogP contribution in [0, 0.1) is 11.8 Å². The molecule has 34 nitrogen and oxygen atoms in total. The molecule has 10 unspecified atom stereocenters. The van der Waals surface area contributed by atoms with Crippen LogP contribution in [0.5, 0.6) is 5.75 Å². The molecule has 24 N–H and O–H groups in total. The summed E-state index contributed by atoms with van der Waals surface area (Å²) in [5.41, 5.74) is 39.7. The van der Waals surface area contributed by atoms with Gasteiger partial charge < -0.3 is 103 Å². The summed E-state index contributed by atoms with van der Waals surface area (Å²) in [5, 5.41) is 34.3. The first kappa shape index (κ1) is 81.8. The maximum absolute atomic E-state index is 14.9. The van der Waals surface area contributed by atoms with Crippen LogP contribution in [-0.2, 0) is 64.0 Å². The minimum absolute atomic E-state index is 0.0157. The first-order valence-corrected chi connectivity index (χ1v) is 35.4. The number of rotatable bonds is 24. The van der Waals surface area contributed by atoms with E-state index in [0.29, 0.717) is 17.7 Å². The van der Waals surface area contributed by atoms with Gasteiger partial charge in [-0.3, -0.25) is 72.5 Å². The van der Waals surface area contributed by atoms with Crippen molar-refractivity contribution in [3.63, 3.8) is 0 Å². The fourth-order valence-corrected chi connectivity index (χ4v) is 13.0. The highest BCUT2D eigenvalue weighted by molar-refractivity contribution is 8.76. The lowest BCUT2D eigenvalue weighted by molar-refractivity contribution is -0.142. The minimum Gasteiger partial charge on any atom is -0.508 e. The van der Waals surface area contributed by atoms with Crippen molar-refractivity contribution in [3.05, 3.63) is 29.8 Å². The van der Waals surface area contributed by atoms with Crippen molar-refractivity contribution in [3.8, 4) is 5.75 Å². The number of nitrogens with one attached hydrogen (secondary N) is 9. The van der Waals surface area contributed by atoms with Crippen LogP contribution in [0.15, 0.2) is 39.2 Å². The summed E-state index contributed by atoms with van der Waals surface area (Å²) < 4.78 is 0. The molecule has 0 bridgehead atoms. The highest BCUT2D eigenvalue weighted by Gasteiger charge is 2.41. The summed E-state index contributed by atoms with van der Waals surface area (Å²) in [4.78, 5) is 185. The number of phenolic OH excluding ortho intramolecular Hbond substituents is 1. The number of carbonyl (C=O) groups is 12. The Morgan fingerprint density at radius 2 is 1.25 bits per heavy atom. The second-order valence-electron chi connectivity index (χ2n) is 23.9. The Kier molecular flexibility index (Phi) is 35.9. The molecule has 2 saturated heterocycles. The monoisotopic (exact) mass is 1410 g/mol. The van der Waals surface area contributed by atoms with Crippen molar-refractivity contribution in [1.29, 1.82) is 0 Å². The van der Waals surface area contributed by atoms with Gasteiger partial charge in [0.05, 0.1) is 6.54 Å². The van der Waals surface area contributed by atoms with E-state index in [1.807, 2.05) is 0 Å². The van der Waals surface area contributed by atoms with Crippen LogP contribution in [0.1, 0.15) is 104 Å². The summed E-state index contributed by atoms with van der Waals surface area (Å²) in [5.74, 6) is -11.4. The van der Waals surface area contributed by atoms with Crippen LogP contribution in [0.3, 0.4) is 0 Å². The first-order chi connectivity index (χ1) is 45.3. The smallest absolute Gasteiger partial charge is 0.245 e. The Hall–Kier alpha value is -8.48. The largest absolute Gasteiger partial charge is 0.508 e. The van der Waals surface area contributed by atoms with Crippen LogP contribution in [0.2, 0.25) is 0 Å². The molecule has 2 fully saturated rings. The molecule has 0 aromatic heterocycles. The molecule has 1 aromatic carbocycles. The highest BCUT2D eigenvalue weighted by Crippen LogP contribution is 2.25. The molecular weight excluding hydrogens is 1310 g/mol. The Bertz CT molecular complexity index is 2910. The number of primary amides is 1. The van der Waals surface area contributed by atoms with Gasteiger partial charge in [-0.05, 0) is 106 Å². The molecule has 96 heavy (non-hydrogen) atoms. The number of thioether (sulfide) groups is 1. The van der Waals surface area contributed by atoms with Crippen molar-refractivity contribution >= 4 is 122 Å². The zero-order valence-electron chi connectivity index (χ0n) is 55.5. The molecule has 3 rings (SSSR count). The summed E-state index contributed by atoms with van der Waals surface area (Å²) >= 11 is 1.35. The van der Waals surface area contributed by atoms with E-state index in [1.54, 1.807) is 34.0 Å². The van der Waals surface area contributed by atoms with Gasteiger partial charge in [0.2, 0.25) is 70.9 Å². The Morgan fingerprint density at radius 3 is 1.83 bits per heavy atom. The highest BCUT2D eigenvalue weighted by atomic mass is 33.1. The number of likely N-dealkylation sites (N-methyl/N-ethyl adjacent to an activating group) is 1. The Labute approximate surface area is 571 Å². The molecule has 536 valence electrons. The van der Waals surface area contributed by atoms with Gasteiger partial charge >= 0.3 is 0 Å². The van der Waals surface area contributed by atoms with Gasteiger partial charge in [-0.15, -0.1) is 0 Å². The van der Waals surface area contributed by atoms with E-state index in [2.05, 4.69) is 62.8 Å². The lowest BCUT2D eigenvalue weighted by Gasteiger charge is -2.32. The molecule has 2 heterocycles. The molecule has 2 aliphatic rings. The number of hydrogen-bond donors (Lipinski definition) is 17. The van der Waals surface area contributed by atoms with Crippen LogP contribution >= 0.6 is 33.3 Å². The van der Waals surface area contributed by atoms with Crippen molar-refractivity contribution in [1.82, 2.24) is 57.7 Å².